The van der Waals surface area contributed by atoms with Gasteiger partial charge in [-0.25, -0.2) is 14.3 Å². The van der Waals surface area contributed by atoms with Crippen LogP contribution in [0.2, 0.25) is 0 Å². The number of esters is 1. The Hall–Kier alpha value is -3.19. The van der Waals surface area contributed by atoms with E-state index in [1.165, 1.54) is 6.20 Å². The van der Waals surface area contributed by atoms with E-state index >= 15 is 0 Å². The van der Waals surface area contributed by atoms with Crippen LogP contribution in [0.3, 0.4) is 0 Å². The fourth-order valence-corrected chi connectivity index (χ4v) is 3.33. The molecule has 7 heteroatoms. The zero-order valence-electron chi connectivity index (χ0n) is 14.0. The van der Waals surface area contributed by atoms with E-state index < -0.39 is 5.97 Å². The first-order chi connectivity index (χ1) is 12.8. The van der Waals surface area contributed by atoms with Crippen LogP contribution in [0.1, 0.15) is 15.9 Å². The molecule has 4 rings (SSSR count). The number of hydrogen-bond acceptors (Lipinski definition) is 6. The SMILES string of the molecule is COc1ccc(COC(=O)c2cnn3c(-c4cccs4)ccnc23)cc1. The van der Waals surface area contributed by atoms with Gasteiger partial charge in [-0.2, -0.15) is 5.10 Å². The summed E-state index contributed by atoms with van der Waals surface area (Å²) in [5, 5.41) is 6.31. The van der Waals surface area contributed by atoms with Gasteiger partial charge < -0.3 is 9.47 Å². The lowest BCUT2D eigenvalue weighted by atomic mass is 10.2. The second-order valence-electron chi connectivity index (χ2n) is 5.53. The van der Waals surface area contributed by atoms with Gasteiger partial charge in [-0.3, -0.25) is 0 Å². The molecular formula is C19H15N3O3S. The molecule has 3 heterocycles. The molecule has 0 radical (unpaired) electrons. The molecule has 0 amide bonds. The molecule has 3 aromatic heterocycles. The van der Waals surface area contributed by atoms with Gasteiger partial charge in [0.25, 0.3) is 0 Å². The van der Waals surface area contributed by atoms with Crippen LogP contribution in [0.4, 0.5) is 0 Å². The molecule has 0 N–H and O–H groups in total. The molecule has 1 aromatic carbocycles. The quantitative estimate of drug-likeness (QED) is 0.503. The van der Waals surface area contributed by atoms with Crippen molar-refractivity contribution < 1.29 is 14.3 Å². The molecular weight excluding hydrogens is 350 g/mol. The number of fused-ring (bicyclic) bond motifs is 1. The highest BCUT2D eigenvalue weighted by Crippen LogP contribution is 2.25. The van der Waals surface area contributed by atoms with Crippen molar-refractivity contribution in [3.63, 3.8) is 0 Å². The molecule has 0 spiro atoms. The van der Waals surface area contributed by atoms with Crippen LogP contribution >= 0.6 is 11.3 Å². The Kier molecular flexibility index (Phi) is 4.37. The molecule has 0 unspecified atom stereocenters. The maximum absolute atomic E-state index is 12.5. The van der Waals surface area contributed by atoms with Crippen molar-refractivity contribution >= 4 is 23.0 Å². The maximum atomic E-state index is 12.5. The number of benzene rings is 1. The summed E-state index contributed by atoms with van der Waals surface area (Å²) in [5.41, 5.74) is 2.59. The largest absolute Gasteiger partial charge is 0.497 e. The summed E-state index contributed by atoms with van der Waals surface area (Å²) in [6, 6.07) is 13.2. The molecule has 0 saturated carbocycles. The first-order valence-corrected chi connectivity index (χ1v) is 8.81. The molecule has 0 atom stereocenters. The number of nitrogens with zero attached hydrogens (tertiary/aromatic N) is 3. The molecule has 0 bridgehead atoms. The van der Waals surface area contributed by atoms with E-state index in [2.05, 4.69) is 10.1 Å². The number of aromatic nitrogens is 3. The topological polar surface area (TPSA) is 65.7 Å². The minimum absolute atomic E-state index is 0.171. The van der Waals surface area contributed by atoms with Crippen molar-refractivity contribution in [2.45, 2.75) is 6.61 Å². The predicted molar refractivity (Wildman–Crippen MR) is 98.4 cm³/mol. The number of hydrogen-bond donors (Lipinski definition) is 0. The molecule has 0 aliphatic rings. The summed E-state index contributed by atoms with van der Waals surface area (Å²) in [7, 11) is 1.61. The third-order valence-electron chi connectivity index (χ3n) is 3.92. The van der Waals surface area contributed by atoms with E-state index in [0.29, 0.717) is 11.2 Å². The van der Waals surface area contributed by atoms with Crippen LogP contribution in [0.25, 0.3) is 16.2 Å². The highest BCUT2D eigenvalue weighted by atomic mass is 32.1. The van der Waals surface area contributed by atoms with E-state index in [9.17, 15) is 4.79 Å². The smallest absolute Gasteiger partial charge is 0.343 e. The van der Waals surface area contributed by atoms with Crippen molar-refractivity contribution in [2.24, 2.45) is 0 Å². The van der Waals surface area contributed by atoms with Crippen molar-refractivity contribution in [1.82, 2.24) is 14.6 Å². The molecule has 6 nitrogen and oxygen atoms in total. The van der Waals surface area contributed by atoms with Crippen LogP contribution in [0.5, 0.6) is 5.75 Å². The van der Waals surface area contributed by atoms with Crippen LogP contribution in [0, 0.1) is 0 Å². The minimum atomic E-state index is -0.452. The average molecular weight is 365 g/mol. The lowest BCUT2D eigenvalue weighted by molar-refractivity contribution is 0.0475. The minimum Gasteiger partial charge on any atom is -0.497 e. The Morgan fingerprint density at radius 3 is 2.77 bits per heavy atom. The first kappa shape index (κ1) is 16.3. The third-order valence-corrected chi connectivity index (χ3v) is 4.82. The lowest BCUT2D eigenvalue weighted by Crippen LogP contribution is -2.06. The van der Waals surface area contributed by atoms with Gasteiger partial charge in [0.15, 0.2) is 5.65 Å². The fraction of sp³-hybridized carbons (Fsp3) is 0.105. The summed E-state index contributed by atoms with van der Waals surface area (Å²) in [5.74, 6) is 0.305. The number of carbonyl (C=O) groups is 1. The van der Waals surface area contributed by atoms with Crippen molar-refractivity contribution in [2.75, 3.05) is 7.11 Å². The zero-order valence-corrected chi connectivity index (χ0v) is 14.8. The monoisotopic (exact) mass is 365 g/mol. The molecule has 4 aromatic rings. The number of rotatable bonds is 5. The number of ether oxygens (including phenoxy) is 2. The van der Waals surface area contributed by atoms with Gasteiger partial charge in [0.2, 0.25) is 0 Å². The maximum Gasteiger partial charge on any atom is 0.343 e. The van der Waals surface area contributed by atoms with Gasteiger partial charge >= 0.3 is 5.97 Å². The Balaban J connectivity index is 1.56. The molecule has 130 valence electrons. The number of thiophene rings is 1. The van der Waals surface area contributed by atoms with E-state index in [1.807, 2.05) is 47.8 Å². The van der Waals surface area contributed by atoms with Gasteiger partial charge in [-0.05, 0) is 35.2 Å². The summed E-state index contributed by atoms with van der Waals surface area (Å²) < 4.78 is 12.2. The van der Waals surface area contributed by atoms with Crippen molar-refractivity contribution in [3.8, 4) is 16.3 Å². The van der Waals surface area contributed by atoms with Crippen molar-refractivity contribution in [1.29, 1.82) is 0 Å². The fourth-order valence-electron chi connectivity index (χ4n) is 2.59. The Morgan fingerprint density at radius 1 is 1.19 bits per heavy atom. The molecule has 0 saturated heterocycles. The second-order valence-corrected chi connectivity index (χ2v) is 6.47. The summed E-state index contributed by atoms with van der Waals surface area (Å²) >= 11 is 1.60. The normalized spacial score (nSPS) is 10.8. The molecule has 26 heavy (non-hydrogen) atoms. The van der Waals surface area contributed by atoms with Crippen LogP contribution < -0.4 is 4.74 Å². The third kappa shape index (κ3) is 3.04. The highest BCUT2D eigenvalue weighted by molar-refractivity contribution is 7.13. The highest BCUT2D eigenvalue weighted by Gasteiger charge is 2.17. The van der Waals surface area contributed by atoms with Gasteiger partial charge in [0, 0.05) is 6.20 Å². The average Bonchev–Trinajstić information content (AvgIpc) is 3.36. The summed E-state index contributed by atoms with van der Waals surface area (Å²) in [6.45, 7) is 0.171. The predicted octanol–water partition coefficient (Wildman–Crippen LogP) is 3.82. The van der Waals surface area contributed by atoms with Crippen LogP contribution in [-0.2, 0) is 11.3 Å². The Bertz CT molecular complexity index is 1040. The van der Waals surface area contributed by atoms with E-state index in [-0.39, 0.29) is 6.61 Å². The molecule has 0 fully saturated rings. The Morgan fingerprint density at radius 2 is 2.04 bits per heavy atom. The summed E-state index contributed by atoms with van der Waals surface area (Å²) in [4.78, 5) is 17.8. The van der Waals surface area contributed by atoms with Crippen molar-refractivity contribution in [3.05, 3.63) is 71.4 Å². The first-order valence-electron chi connectivity index (χ1n) is 7.93. The van der Waals surface area contributed by atoms with E-state index in [4.69, 9.17) is 9.47 Å². The van der Waals surface area contributed by atoms with Gasteiger partial charge in [0.05, 0.1) is 23.9 Å². The van der Waals surface area contributed by atoms with Gasteiger partial charge in [-0.1, -0.05) is 18.2 Å². The number of methoxy groups -OCH3 is 1. The summed E-state index contributed by atoms with van der Waals surface area (Å²) in [6.07, 6.45) is 3.17. The standard InChI is InChI=1S/C19H15N3O3S/c1-24-14-6-4-13(5-7-14)12-25-19(23)15-11-21-22-16(8-9-20-18(15)22)17-3-2-10-26-17/h2-11H,12H2,1H3. The number of carbonyl (C=O) groups excluding carboxylic acids is 1. The molecule has 0 aliphatic heterocycles. The Labute approximate surface area is 153 Å². The lowest BCUT2D eigenvalue weighted by Gasteiger charge is -2.05. The second kappa shape index (κ2) is 6.97. The zero-order chi connectivity index (χ0) is 17.9. The van der Waals surface area contributed by atoms with Gasteiger partial charge in [0.1, 0.15) is 17.9 Å². The molecule has 0 aliphatic carbocycles. The van der Waals surface area contributed by atoms with E-state index in [1.54, 1.807) is 29.2 Å². The van der Waals surface area contributed by atoms with Crippen LogP contribution in [-0.4, -0.2) is 27.7 Å². The van der Waals surface area contributed by atoms with Gasteiger partial charge in [-0.15, -0.1) is 11.3 Å². The van der Waals surface area contributed by atoms with E-state index in [0.717, 1.165) is 21.9 Å². The van der Waals surface area contributed by atoms with Crippen LogP contribution in [0.15, 0.2) is 60.2 Å².